The van der Waals surface area contributed by atoms with Crippen molar-refractivity contribution in [3.63, 3.8) is 0 Å². The fourth-order valence-corrected chi connectivity index (χ4v) is 2.88. The van der Waals surface area contributed by atoms with Crippen LogP contribution in [0.5, 0.6) is 0 Å². The van der Waals surface area contributed by atoms with E-state index in [9.17, 15) is 0 Å². The summed E-state index contributed by atoms with van der Waals surface area (Å²) in [4.78, 5) is 0. The molecule has 1 N–H and O–H groups in total. The van der Waals surface area contributed by atoms with Crippen LogP contribution >= 0.6 is 27.5 Å². The molecule has 0 heterocycles. The van der Waals surface area contributed by atoms with E-state index in [1.54, 1.807) is 0 Å². The lowest BCUT2D eigenvalue weighted by molar-refractivity contribution is 0.884. The summed E-state index contributed by atoms with van der Waals surface area (Å²) in [5.41, 5.74) is 3.42. The van der Waals surface area contributed by atoms with E-state index in [0.29, 0.717) is 0 Å². The summed E-state index contributed by atoms with van der Waals surface area (Å²) in [6, 6.07) is 14.4. The maximum atomic E-state index is 6.20. The summed E-state index contributed by atoms with van der Waals surface area (Å²) in [6.45, 7) is 4.19. The van der Waals surface area contributed by atoms with E-state index in [0.717, 1.165) is 20.7 Å². The summed E-state index contributed by atoms with van der Waals surface area (Å²) in [5, 5.41) is 4.26. The molecular weight excluding hydrogens is 310 g/mol. The fourth-order valence-electron chi connectivity index (χ4n) is 1.97. The van der Waals surface area contributed by atoms with Crippen molar-refractivity contribution in [2.24, 2.45) is 0 Å². The van der Waals surface area contributed by atoms with Gasteiger partial charge in [0.1, 0.15) is 0 Å². The number of nitrogens with one attached hydrogen (secondary N) is 1. The van der Waals surface area contributed by atoms with Crippen molar-refractivity contribution in [2.45, 2.75) is 19.9 Å². The van der Waals surface area contributed by atoms with Gasteiger partial charge >= 0.3 is 0 Å². The molecule has 0 amide bonds. The SMILES string of the molecule is Cc1cc(Br)cc(NC(C)c2ccccc2Cl)c1. The first-order valence-corrected chi connectivity index (χ1v) is 7.01. The Morgan fingerprint density at radius 2 is 1.89 bits per heavy atom. The summed E-state index contributed by atoms with van der Waals surface area (Å²) in [7, 11) is 0. The molecule has 2 aromatic carbocycles. The first-order chi connectivity index (χ1) is 8.56. The number of rotatable bonds is 3. The number of aryl methyl sites for hydroxylation is 1. The lowest BCUT2D eigenvalue weighted by Crippen LogP contribution is -2.07. The monoisotopic (exact) mass is 323 g/mol. The van der Waals surface area contributed by atoms with E-state index in [1.165, 1.54) is 5.56 Å². The van der Waals surface area contributed by atoms with E-state index in [-0.39, 0.29) is 6.04 Å². The zero-order valence-electron chi connectivity index (χ0n) is 10.4. The first kappa shape index (κ1) is 13.4. The molecule has 0 aromatic heterocycles. The zero-order valence-corrected chi connectivity index (χ0v) is 12.7. The minimum Gasteiger partial charge on any atom is -0.378 e. The predicted octanol–water partition coefficient (Wildman–Crippen LogP) is 5.58. The van der Waals surface area contributed by atoms with Crippen LogP contribution in [0.4, 0.5) is 5.69 Å². The molecule has 1 unspecified atom stereocenters. The highest BCUT2D eigenvalue weighted by molar-refractivity contribution is 9.10. The topological polar surface area (TPSA) is 12.0 Å². The zero-order chi connectivity index (χ0) is 13.1. The Hall–Kier alpha value is -0.990. The Morgan fingerprint density at radius 1 is 1.17 bits per heavy atom. The highest BCUT2D eigenvalue weighted by Crippen LogP contribution is 2.27. The quantitative estimate of drug-likeness (QED) is 0.776. The second kappa shape index (κ2) is 5.77. The molecular formula is C15H15BrClN. The van der Waals surface area contributed by atoms with Crippen LogP contribution in [0.3, 0.4) is 0 Å². The van der Waals surface area contributed by atoms with Gasteiger partial charge in [0.05, 0.1) is 0 Å². The molecule has 2 aromatic rings. The maximum absolute atomic E-state index is 6.20. The standard InChI is InChI=1S/C15H15BrClN/c1-10-7-12(16)9-13(8-10)18-11(2)14-5-3-4-6-15(14)17/h3-9,11,18H,1-2H3. The van der Waals surface area contributed by atoms with Gasteiger partial charge in [-0.05, 0) is 49.2 Å². The second-order valence-electron chi connectivity index (χ2n) is 4.40. The minimum atomic E-state index is 0.174. The van der Waals surface area contributed by atoms with E-state index in [2.05, 4.69) is 53.3 Å². The molecule has 3 heteroatoms. The molecule has 0 saturated carbocycles. The minimum absolute atomic E-state index is 0.174. The fraction of sp³-hybridized carbons (Fsp3) is 0.200. The third kappa shape index (κ3) is 3.27. The maximum Gasteiger partial charge on any atom is 0.0500 e. The van der Waals surface area contributed by atoms with Gasteiger partial charge < -0.3 is 5.32 Å². The van der Waals surface area contributed by atoms with Crippen LogP contribution in [0.25, 0.3) is 0 Å². The van der Waals surface area contributed by atoms with Crippen LogP contribution in [0, 0.1) is 6.92 Å². The third-order valence-electron chi connectivity index (χ3n) is 2.80. The highest BCUT2D eigenvalue weighted by Gasteiger charge is 2.09. The Balaban J connectivity index is 2.21. The molecule has 1 nitrogen and oxygen atoms in total. The number of benzene rings is 2. The highest BCUT2D eigenvalue weighted by atomic mass is 79.9. The van der Waals surface area contributed by atoms with Crippen molar-refractivity contribution >= 4 is 33.2 Å². The molecule has 0 saturated heterocycles. The number of hydrogen-bond acceptors (Lipinski definition) is 1. The van der Waals surface area contributed by atoms with Crippen molar-refractivity contribution in [3.05, 3.63) is 63.1 Å². The molecule has 0 aliphatic rings. The molecule has 0 aliphatic carbocycles. The molecule has 18 heavy (non-hydrogen) atoms. The van der Waals surface area contributed by atoms with Crippen LogP contribution < -0.4 is 5.32 Å². The van der Waals surface area contributed by atoms with Gasteiger partial charge in [0, 0.05) is 21.2 Å². The van der Waals surface area contributed by atoms with Crippen molar-refractivity contribution in [3.8, 4) is 0 Å². The molecule has 0 bridgehead atoms. The lowest BCUT2D eigenvalue weighted by atomic mass is 10.1. The van der Waals surface area contributed by atoms with Gasteiger partial charge in [-0.2, -0.15) is 0 Å². The lowest BCUT2D eigenvalue weighted by Gasteiger charge is -2.17. The normalized spacial score (nSPS) is 12.2. The van der Waals surface area contributed by atoms with Gasteiger partial charge in [-0.25, -0.2) is 0 Å². The molecule has 94 valence electrons. The molecule has 1 atom stereocenters. The third-order valence-corrected chi connectivity index (χ3v) is 3.60. The van der Waals surface area contributed by atoms with Gasteiger partial charge in [0.15, 0.2) is 0 Å². The van der Waals surface area contributed by atoms with E-state index in [1.807, 2.05) is 24.3 Å². The number of hydrogen-bond donors (Lipinski definition) is 1. The first-order valence-electron chi connectivity index (χ1n) is 5.84. The van der Waals surface area contributed by atoms with E-state index < -0.39 is 0 Å². The average molecular weight is 325 g/mol. The Morgan fingerprint density at radius 3 is 2.56 bits per heavy atom. The van der Waals surface area contributed by atoms with Crippen molar-refractivity contribution < 1.29 is 0 Å². The van der Waals surface area contributed by atoms with Crippen LogP contribution in [0.2, 0.25) is 5.02 Å². The molecule has 0 aliphatic heterocycles. The summed E-state index contributed by atoms with van der Waals surface area (Å²) in [6.07, 6.45) is 0. The van der Waals surface area contributed by atoms with Crippen LogP contribution in [-0.2, 0) is 0 Å². The van der Waals surface area contributed by atoms with E-state index in [4.69, 9.17) is 11.6 Å². The average Bonchev–Trinajstić information content (AvgIpc) is 2.27. The molecule has 2 rings (SSSR count). The van der Waals surface area contributed by atoms with Crippen LogP contribution in [-0.4, -0.2) is 0 Å². The van der Waals surface area contributed by atoms with Crippen LogP contribution in [0.1, 0.15) is 24.1 Å². The van der Waals surface area contributed by atoms with E-state index >= 15 is 0 Å². The summed E-state index contributed by atoms with van der Waals surface area (Å²) < 4.78 is 1.08. The molecule has 0 radical (unpaired) electrons. The Kier molecular flexibility index (Phi) is 4.31. The van der Waals surface area contributed by atoms with Gasteiger partial charge in [0.2, 0.25) is 0 Å². The summed E-state index contributed by atoms with van der Waals surface area (Å²) in [5.74, 6) is 0. The Labute approximate surface area is 121 Å². The number of anilines is 1. The largest absolute Gasteiger partial charge is 0.378 e. The van der Waals surface area contributed by atoms with Crippen LogP contribution in [0.15, 0.2) is 46.9 Å². The van der Waals surface area contributed by atoms with Crippen molar-refractivity contribution in [1.29, 1.82) is 0 Å². The molecule has 0 fully saturated rings. The second-order valence-corrected chi connectivity index (χ2v) is 5.73. The van der Waals surface area contributed by atoms with Gasteiger partial charge in [-0.15, -0.1) is 0 Å². The van der Waals surface area contributed by atoms with Crippen molar-refractivity contribution in [2.75, 3.05) is 5.32 Å². The predicted molar refractivity (Wildman–Crippen MR) is 82.4 cm³/mol. The smallest absolute Gasteiger partial charge is 0.0500 e. The van der Waals surface area contributed by atoms with Gasteiger partial charge in [-0.1, -0.05) is 45.7 Å². The van der Waals surface area contributed by atoms with Gasteiger partial charge in [-0.3, -0.25) is 0 Å². The number of halogens is 2. The van der Waals surface area contributed by atoms with Crippen molar-refractivity contribution in [1.82, 2.24) is 0 Å². The van der Waals surface area contributed by atoms with Gasteiger partial charge in [0.25, 0.3) is 0 Å². The Bertz CT molecular complexity index is 534. The summed E-state index contributed by atoms with van der Waals surface area (Å²) >= 11 is 9.71. The molecule has 0 spiro atoms.